The van der Waals surface area contributed by atoms with E-state index in [4.69, 9.17) is 33.2 Å². The molecule has 0 amide bonds. The maximum absolute atomic E-state index is 13.8. The van der Waals surface area contributed by atoms with Gasteiger partial charge in [-0.15, -0.1) is 0 Å². The number of ether oxygens (including phenoxy) is 7. The van der Waals surface area contributed by atoms with Gasteiger partial charge in [-0.05, 0) is 98.8 Å². The second kappa shape index (κ2) is 17.6. The first-order valence-corrected chi connectivity index (χ1v) is 21.7. The van der Waals surface area contributed by atoms with Crippen LogP contribution in [-0.4, -0.2) is 131 Å². The molecule has 2 heterocycles. The number of carbonyl (C=O) groups is 3. The predicted molar refractivity (Wildman–Crippen MR) is 212 cm³/mol. The van der Waals surface area contributed by atoms with E-state index in [1.807, 2.05) is 6.92 Å². The van der Waals surface area contributed by atoms with Gasteiger partial charge in [0, 0.05) is 24.7 Å². The number of methoxy groups -OCH3 is 1. The van der Waals surface area contributed by atoms with Crippen molar-refractivity contribution in [2.75, 3.05) is 20.3 Å². The normalized spacial score (nSPS) is 43.0. The number of fused-ring (bicyclic) bond motifs is 5. The third-order valence-corrected chi connectivity index (χ3v) is 15.3. The quantitative estimate of drug-likeness (QED) is 0.151. The lowest BCUT2D eigenvalue weighted by Gasteiger charge is -2.59. The predicted octanol–water partition coefficient (Wildman–Crippen LogP) is 3.39. The Hall–Kier alpha value is -2.99. The van der Waals surface area contributed by atoms with Gasteiger partial charge in [-0.3, -0.25) is 9.59 Å². The fraction of sp³-hybridized carbons (Fsp3) is 0.756. The third-order valence-electron chi connectivity index (χ3n) is 15.3. The summed E-state index contributed by atoms with van der Waals surface area (Å²) in [5, 5.41) is 56.8. The summed E-state index contributed by atoms with van der Waals surface area (Å²) in [6, 6.07) is 6.04. The van der Waals surface area contributed by atoms with Crippen LogP contribution >= 0.6 is 0 Å². The van der Waals surface area contributed by atoms with Crippen molar-refractivity contribution in [3.05, 3.63) is 41.5 Å². The molecule has 4 aliphatic carbocycles. The molecule has 15 nitrogen and oxygen atoms in total. The minimum absolute atomic E-state index is 0.0531. The molecule has 0 bridgehead atoms. The van der Waals surface area contributed by atoms with Crippen LogP contribution in [-0.2, 0) is 38.0 Å². The van der Waals surface area contributed by atoms with Crippen LogP contribution in [0.5, 0.6) is 5.75 Å². The van der Waals surface area contributed by atoms with Crippen LogP contribution in [0.25, 0.3) is 0 Å². The van der Waals surface area contributed by atoms with E-state index in [0.717, 1.165) is 25.7 Å². The number of hydrogen-bond donors (Lipinski definition) is 5. The van der Waals surface area contributed by atoms with Crippen molar-refractivity contribution in [2.45, 2.75) is 159 Å². The number of carbonyl (C=O) groups excluding carboxylic acids is 3. The Morgan fingerprint density at radius 2 is 1.57 bits per heavy atom. The summed E-state index contributed by atoms with van der Waals surface area (Å²) in [5.41, 5.74) is -1.06. The molecule has 1 aromatic carbocycles. The molecule has 7 rings (SSSR count). The molecule has 1 aromatic rings. The van der Waals surface area contributed by atoms with Gasteiger partial charge in [0.2, 0.25) is 0 Å². The Morgan fingerprint density at radius 1 is 0.883 bits per heavy atom. The van der Waals surface area contributed by atoms with Gasteiger partial charge in [0.05, 0.1) is 38.1 Å². The molecule has 17 atom stereocenters. The van der Waals surface area contributed by atoms with Crippen molar-refractivity contribution in [1.29, 1.82) is 0 Å². The largest absolute Gasteiger partial charge is 0.497 e. The monoisotopic (exact) mass is 844 g/mol. The highest BCUT2D eigenvalue weighted by atomic mass is 16.8. The highest BCUT2D eigenvalue weighted by Crippen LogP contribution is 2.69. The van der Waals surface area contributed by atoms with Crippen LogP contribution in [0.1, 0.15) is 103 Å². The average molecular weight is 845 g/mol. The van der Waals surface area contributed by atoms with Gasteiger partial charge < -0.3 is 58.7 Å². The number of rotatable bonds is 12. The molecule has 6 aliphatic rings. The summed E-state index contributed by atoms with van der Waals surface area (Å²) in [7, 11) is 1.48. The summed E-state index contributed by atoms with van der Waals surface area (Å²) in [4.78, 5) is 39.9. The maximum atomic E-state index is 13.8. The topological polar surface area (TPSA) is 217 Å². The van der Waals surface area contributed by atoms with Crippen molar-refractivity contribution in [2.24, 2.45) is 34.5 Å². The minimum atomic E-state index is -1.66. The summed E-state index contributed by atoms with van der Waals surface area (Å²) in [6.45, 7) is 8.49. The molecule has 5 fully saturated rings. The van der Waals surface area contributed by atoms with E-state index in [0.29, 0.717) is 37.4 Å². The van der Waals surface area contributed by atoms with E-state index in [1.54, 1.807) is 19.1 Å². The van der Waals surface area contributed by atoms with Gasteiger partial charge in [-0.1, -0.05) is 39.3 Å². The minimum Gasteiger partial charge on any atom is -0.497 e. The van der Waals surface area contributed by atoms with Gasteiger partial charge in [0.15, 0.2) is 24.8 Å². The molecular weight excluding hydrogens is 780 g/mol. The Balaban J connectivity index is 1.18. The number of hydrogen-bond acceptors (Lipinski definition) is 15. The lowest BCUT2D eigenvalue weighted by atomic mass is 9.46. The standard InChI is InChI=1S/C45H64O15/c1-7-8-32(48)23(2)45(53)35(20-31-29-14-11-26-19-27(47)15-17-43(26,4)30(29)16-18-44(31,45)5)58-42-39(57-24(3)46)37(34(50)22-56-42)60-41-38(36(51)33(49)21-55-41)59-40(52)25-9-12-28(54-6)13-10-25/h9-13,23,27,29-31,33-39,41-42,47,49-51,53H,7-8,14-22H2,1-6H3/t23-,27+,29-,30+,31+,33-,34+,35+,36+,37-,38-,39+,41+,42+,43+,44+,45-/m1/s1. The second-order valence-electron chi connectivity index (χ2n) is 18.5. The van der Waals surface area contributed by atoms with Crippen molar-refractivity contribution < 1.29 is 73.1 Å². The fourth-order valence-corrected chi connectivity index (χ4v) is 11.9. The number of Topliss-reactive ketones (excluding diaryl/α,β-unsaturated/α-hetero) is 1. The molecule has 0 unspecified atom stereocenters. The number of esters is 2. The Labute approximate surface area is 351 Å². The van der Waals surface area contributed by atoms with Crippen LogP contribution in [0.4, 0.5) is 0 Å². The van der Waals surface area contributed by atoms with Gasteiger partial charge in [-0.2, -0.15) is 0 Å². The Bertz CT molecular complexity index is 1750. The van der Waals surface area contributed by atoms with Gasteiger partial charge >= 0.3 is 11.9 Å². The molecule has 15 heteroatoms. The molecule has 334 valence electrons. The second-order valence-corrected chi connectivity index (χ2v) is 18.5. The fourth-order valence-electron chi connectivity index (χ4n) is 11.9. The Morgan fingerprint density at radius 3 is 2.23 bits per heavy atom. The smallest absolute Gasteiger partial charge is 0.338 e. The van der Waals surface area contributed by atoms with Crippen molar-refractivity contribution in [3.63, 3.8) is 0 Å². The van der Waals surface area contributed by atoms with E-state index >= 15 is 0 Å². The summed E-state index contributed by atoms with van der Waals surface area (Å²) in [6.07, 6.45) is -5.15. The SMILES string of the molecule is CCCC(=O)[C@@H](C)[C@@]1(O)[C@@H](O[C@@H]2OC[C@H](O)[C@@H](O[C@@H]3OC[C@@H](O)[C@H](O)[C@H]3OC(=O)c3ccc(OC)cc3)[C@@H]2OC(C)=O)C[C@H]2[C@@H]3CC=C4C[C@@H](O)CC[C@]4(C)[C@H]3CC[C@@]21C. The summed E-state index contributed by atoms with van der Waals surface area (Å²) in [5.74, 6) is -1.57. The van der Waals surface area contributed by atoms with Gasteiger partial charge in [0.25, 0.3) is 0 Å². The van der Waals surface area contributed by atoms with Gasteiger partial charge in [0.1, 0.15) is 41.5 Å². The van der Waals surface area contributed by atoms with Crippen LogP contribution in [0.3, 0.4) is 0 Å². The van der Waals surface area contributed by atoms with Crippen LogP contribution in [0, 0.1) is 34.5 Å². The third kappa shape index (κ3) is 7.96. The molecule has 2 saturated heterocycles. The molecule has 2 aliphatic heterocycles. The average Bonchev–Trinajstić information content (AvgIpc) is 3.45. The highest BCUT2D eigenvalue weighted by Gasteiger charge is 2.70. The Kier molecular flexibility index (Phi) is 13.2. The molecule has 60 heavy (non-hydrogen) atoms. The number of aliphatic hydroxyl groups excluding tert-OH is 4. The zero-order valence-electron chi connectivity index (χ0n) is 35.6. The lowest BCUT2D eigenvalue weighted by Crippen LogP contribution is -2.64. The molecule has 3 saturated carbocycles. The number of aliphatic hydroxyl groups is 5. The summed E-state index contributed by atoms with van der Waals surface area (Å²) < 4.78 is 41.5. The van der Waals surface area contributed by atoms with E-state index in [1.165, 1.54) is 31.7 Å². The number of benzene rings is 1. The maximum Gasteiger partial charge on any atom is 0.338 e. The molecule has 0 aromatic heterocycles. The van der Waals surface area contributed by atoms with E-state index in [2.05, 4.69) is 19.9 Å². The van der Waals surface area contributed by atoms with Crippen molar-refractivity contribution >= 4 is 17.7 Å². The first-order valence-electron chi connectivity index (χ1n) is 21.7. The number of ketones is 1. The highest BCUT2D eigenvalue weighted by molar-refractivity contribution is 5.89. The zero-order chi connectivity index (χ0) is 43.3. The van der Waals surface area contributed by atoms with Crippen molar-refractivity contribution in [1.82, 2.24) is 0 Å². The van der Waals surface area contributed by atoms with Crippen LogP contribution in [0.2, 0.25) is 0 Å². The zero-order valence-corrected chi connectivity index (χ0v) is 35.6. The van der Waals surface area contributed by atoms with Crippen LogP contribution < -0.4 is 4.74 Å². The van der Waals surface area contributed by atoms with E-state index in [-0.39, 0.29) is 47.7 Å². The molecule has 0 spiro atoms. The van der Waals surface area contributed by atoms with Crippen LogP contribution in [0.15, 0.2) is 35.9 Å². The first kappa shape index (κ1) is 45.0. The van der Waals surface area contributed by atoms with E-state index in [9.17, 15) is 39.9 Å². The molecule has 5 N–H and O–H groups in total. The van der Waals surface area contributed by atoms with Crippen molar-refractivity contribution in [3.8, 4) is 5.75 Å². The molecule has 0 radical (unpaired) electrons. The lowest BCUT2D eigenvalue weighted by molar-refractivity contribution is -0.345. The number of allylic oxidation sites excluding steroid dienone is 1. The van der Waals surface area contributed by atoms with Gasteiger partial charge in [-0.25, -0.2) is 4.79 Å². The molecular formula is C45H64O15. The summed E-state index contributed by atoms with van der Waals surface area (Å²) >= 11 is 0. The first-order chi connectivity index (χ1) is 28.5. The van der Waals surface area contributed by atoms with E-state index < -0.39 is 90.8 Å².